The predicted octanol–water partition coefficient (Wildman–Crippen LogP) is 1.08. The Kier molecular flexibility index (Phi) is 5.95. The number of carboxylic acids is 1. The number of sulfonamides is 1. The quantitative estimate of drug-likeness (QED) is 0.825. The topological polar surface area (TPSA) is 95.0 Å². The minimum Gasteiger partial charge on any atom is -0.481 e. The minimum absolute atomic E-state index is 0.0342. The molecule has 24 heavy (non-hydrogen) atoms. The average Bonchev–Trinajstić information content (AvgIpc) is 2.55. The molecule has 1 fully saturated rings. The molecule has 1 amide bonds. The van der Waals surface area contributed by atoms with Crippen LogP contribution in [-0.2, 0) is 19.6 Å². The highest BCUT2D eigenvalue weighted by molar-refractivity contribution is 7.89. The van der Waals surface area contributed by atoms with Gasteiger partial charge in [-0.25, -0.2) is 8.42 Å². The fraction of sp³-hybridized carbons (Fsp3) is 0.500. The standard InChI is InChI=1S/C16H22N2O5S/c1-13-5-7-14(8-6-13)24(22,23)18-11-9-17(10-12-18)15(19)3-2-4-16(20)21/h5-8H,2-4,9-12H2,1H3,(H,20,21). The molecule has 1 aromatic rings. The fourth-order valence-electron chi connectivity index (χ4n) is 2.59. The van der Waals surface area contributed by atoms with E-state index in [1.165, 1.54) is 4.31 Å². The van der Waals surface area contributed by atoms with Crippen LogP contribution in [0.2, 0.25) is 0 Å². The Morgan fingerprint density at radius 1 is 1.04 bits per heavy atom. The van der Waals surface area contributed by atoms with E-state index in [4.69, 9.17) is 5.11 Å². The maximum absolute atomic E-state index is 12.6. The molecular weight excluding hydrogens is 332 g/mol. The van der Waals surface area contributed by atoms with Crippen molar-refractivity contribution in [1.29, 1.82) is 0 Å². The van der Waals surface area contributed by atoms with E-state index in [-0.39, 0.29) is 36.7 Å². The number of rotatable bonds is 6. The van der Waals surface area contributed by atoms with Gasteiger partial charge in [0, 0.05) is 39.0 Å². The largest absolute Gasteiger partial charge is 0.481 e. The van der Waals surface area contributed by atoms with Crippen LogP contribution in [0.15, 0.2) is 29.2 Å². The summed E-state index contributed by atoms with van der Waals surface area (Å²) < 4.78 is 26.5. The third-order valence-corrected chi connectivity index (χ3v) is 5.94. The lowest BCUT2D eigenvalue weighted by Gasteiger charge is -2.34. The van der Waals surface area contributed by atoms with E-state index < -0.39 is 16.0 Å². The van der Waals surface area contributed by atoms with Crippen molar-refractivity contribution in [3.63, 3.8) is 0 Å². The second-order valence-corrected chi connectivity index (χ2v) is 7.78. The number of nitrogens with zero attached hydrogens (tertiary/aromatic N) is 2. The van der Waals surface area contributed by atoms with Crippen LogP contribution < -0.4 is 0 Å². The van der Waals surface area contributed by atoms with Crippen molar-refractivity contribution < 1.29 is 23.1 Å². The van der Waals surface area contributed by atoms with Gasteiger partial charge in [-0.05, 0) is 25.5 Å². The maximum atomic E-state index is 12.6. The molecular formula is C16H22N2O5S. The van der Waals surface area contributed by atoms with Crippen molar-refractivity contribution in [3.8, 4) is 0 Å². The van der Waals surface area contributed by atoms with Gasteiger partial charge < -0.3 is 10.0 Å². The molecule has 1 aliphatic heterocycles. The molecule has 0 aromatic heterocycles. The highest BCUT2D eigenvalue weighted by atomic mass is 32.2. The predicted molar refractivity (Wildman–Crippen MR) is 88.0 cm³/mol. The Morgan fingerprint density at radius 2 is 1.62 bits per heavy atom. The van der Waals surface area contributed by atoms with Crippen LogP contribution in [0.5, 0.6) is 0 Å². The van der Waals surface area contributed by atoms with Crippen LogP contribution in [0.3, 0.4) is 0 Å². The molecule has 1 saturated heterocycles. The van der Waals surface area contributed by atoms with E-state index in [0.717, 1.165) is 5.56 Å². The van der Waals surface area contributed by atoms with Crippen LogP contribution in [-0.4, -0.2) is 60.8 Å². The molecule has 0 spiro atoms. The van der Waals surface area contributed by atoms with Crippen LogP contribution in [0.1, 0.15) is 24.8 Å². The van der Waals surface area contributed by atoms with Crippen LogP contribution in [0, 0.1) is 6.92 Å². The van der Waals surface area contributed by atoms with E-state index in [2.05, 4.69) is 0 Å². The summed E-state index contributed by atoms with van der Waals surface area (Å²) in [6.45, 7) is 3.06. The Labute approximate surface area is 141 Å². The molecule has 0 bridgehead atoms. The summed E-state index contributed by atoms with van der Waals surface area (Å²) in [5.74, 6) is -1.04. The third-order valence-electron chi connectivity index (χ3n) is 4.03. The Morgan fingerprint density at radius 3 is 2.17 bits per heavy atom. The number of amides is 1. The number of hydrogen-bond donors (Lipinski definition) is 1. The van der Waals surface area contributed by atoms with Crippen molar-refractivity contribution >= 4 is 21.9 Å². The number of hydrogen-bond acceptors (Lipinski definition) is 4. The minimum atomic E-state index is -3.54. The second-order valence-electron chi connectivity index (χ2n) is 5.85. The number of carboxylic acid groups (broad SMARTS) is 1. The first kappa shape index (κ1) is 18.4. The van der Waals surface area contributed by atoms with Gasteiger partial charge in [-0.15, -0.1) is 0 Å². The number of carbonyl (C=O) groups is 2. The molecule has 132 valence electrons. The smallest absolute Gasteiger partial charge is 0.303 e. The fourth-order valence-corrected chi connectivity index (χ4v) is 4.01. The number of benzene rings is 1. The van der Waals surface area contributed by atoms with E-state index in [1.807, 2.05) is 6.92 Å². The first-order valence-electron chi connectivity index (χ1n) is 7.87. The average molecular weight is 354 g/mol. The van der Waals surface area contributed by atoms with Gasteiger partial charge in [0.15, 0.2) is 0 Å². The molecule has 7 nitrogen and oxygen atoms in total. The van der Waals surface area contributed by atoms with Gasteiger partial charge >= 0.3 is 5.97 Å². The lowest BCUT2D eigenvalue weighted by atomic mass is 10.2. The molecule has 0 aliphatic carbocycles. The molecule has 0 saturated carbocycles. The Balaban J connectivity index is 1.91. The van der Waals surface area contributed by atoms with Crippen molar-refractivity contribution in [2.24, 2.45) is 0 Å². The zero-order chi connectivity index (χ0) is 17.7. The zero-order valence-corrected chi connectivity index (χ0v) is 14.5. The highest BCUT2D eigenvalue weighted by Crippen LogP contribution is 2.18. The first-order valence-corrected chi connectivity index (χ1v) is 9.31. The molecule has 8 heteroatoms. The summed E-state index contributed by atoms with van der Waals surface area (Å²) in [5.41, 5.74) is 0.991. The van der Waals surface area contributed by atoms with Gasteiger partial charge in [-0.1, -0.05) is 17.7 Å². The lowest BCUT2D eigenvalue weighted by molar-refractivity contribution is -0.137. The summed E-state index contributed by atoms with van der Waals surface area (Å²) in [5, 5.41) is 8.59. The third kappa shape index (κ3) is 4.55. The molecule has 0 unspecified atom stereocenters. The molecule has 0 radical (unpaired) electrons. The molecule has 1 heterocycles. The number of aryl methyl sites for hydroxylation is 1. The highest BCUT2D eigenvalue weighted by Gasteiger charge is 2.29. The maximum Gasteiger partial charge on any atom is 0.303 e. The molecule has 1 N–H and O–H groups in total. The first-order chi connectivity index (χ1) is 11.3. The van der Waals surface area contributed by atoms with E-state index in [0.29, 0.717) is 19.5 Å². The summed E-state index contributed by atoms with van der Waals surface area (Å²) >= 11 is 0. The van der Waals surface area contributed by atoms with Crippen LogP contribution in [0.4, 0.5) is 0 Å². The summed E-state index contributed by atoms with van der Waals surface area (Å²) in [7, 11) is -3.54. The van der Waals surface area contributed by atoms with Gasteiger partial charge in [0.25, 0.3) is 0 Å². The number of carbonyl (C=O) groups excluding carboxylic acids is 1. The molecule has 1 aliphatic rings. The van der Waals surface area contributed by atoms with Gasteiger partial charge in [-0.2, -0.15) is 4.31 Å². The summed E-state index contributed by atoms with van der Waals surface area (Å²) in [6, 6.07) is 6.70. The van der Waals surface area contributed by atoms with Gasteiger partial charge in [0.1, 0.15) is 0 Å². The van der Waals surface area contributed by atoms with Crippen LogP contribution >= 0.6 is 0 Å². The van der Waals surface area contributed by atoms with E-state index in [1.54, 1.807) is 29.2 Å². The number of piperazine rings is 1. The van der Waals surface area contributed by atoms with Gasteiger partial charge in [0.2, 0.25) is 15.9 Å². The van der Waals surface area contributed by atoms with Crippen molar-refractivity contribution in [2.45, 2.75) is 31.1 Å². The zero-order valence-electron chi connectivity index (χ0n) is 13.6. The van der Waals surface area contributed by atoms with Crippen molar-refractivity contribution in [2.75, 3.05) is 26.2 Å². The van der Waals surface area contributed by atoms with Crippen LogP contribution in [0.25, 0.3) is 0 Å². The monoisotopic (exact) mass is 354 g/mol. The molecule has 0 atom stereocenters. The molecule has 2 rings (SSSR count). The Hall–Kier alpha value is -1.93. The Bertz CT molecular complexity index is 692. The lowest BCUT2D eigenvalue weighted by Crippen LogP contribution is -2.50. The second kappa shape index (κ2) is 7.76. The SMILES string of the molecule is Cc1ccc(S(=O)(=O)N2CCN(C(=O)CCCC(=O)O)CC2)cc1. The summed E-state index contributed by atoms with van der Waals surface area (Å²) in [6.07, 6.45) is 0.445. The normalized spacial score (nSPS) is 16.1. The summed E-state index contributed by atoms with van der Waals surface area (Å²) in [4.78, 5) is 24.3. The van der Waals surface area contributed by atoms with Crippen molar-refractivity contribution in [1.82, 2.24) is 9.21 Å². The van der Waals surface area contributed by atoms with Gasteiger partial charge in [0.05, 0.1) is 4.90 Å². The molecule has 1 aromatic carbocycles. The van der Waals surface area contributed by atoms with Crippen molar-refractivity contribution in [3.05, 3.63) is 29.8 Å². The number of aliphatic carboxylic acids is 1. The van der Waals surface area contributed by atoms with Gasteiger partial charge in [-0.3, -0.25) is 9.59 Å². The van der Waals surface area contributed by atoms with E-state index in [9.17, 15) is 18.0 Å². The van der Waals surface area contributed by atoms with E-state index >= 15 is 0 Å².